The van der Waals surface area contributed by atoms with E-state index >= 15 is 0 Å². The van der Waals surface area contributed by atoms with Gasteiger partial charge in [-0.3, -0.25) is 19.6 Å². The molecule has 4 heterocycles. The Hall–Kier alpha value is -4.02. The average Bonchev–Trinajstić information content (AvgIpc) is 3.57. The summed E-state index contributed by atoms with van der Waals surface area (Å²) in [6.45, 7) is 2.63. The summed E-state index contributed by atoms with van der Waals surface area (Å²) >= 11 is 1.52. The van der Waals surface area contributed by atoms with Crippen molar-refractivity contribution in [3.8, 4) is 16.7 Å². The number of likely N-dealkylation sites (tertiary alicyclic amines) is 2. The predicted molar refractivity (Wildman–Crippen MR) is 138 cm³/mol. The molecule has 0 aliphatic carbocycles. The number of hydrogen-bond donors (Lipinski definition) is 1. The van der Waals surface area contributed by atoms with Crippen LogP contribution in [0.15, 0.2) is 73.1 Å². The number of nitrogens with zero attached hydrogens (tertiary/aromatic N) is 4. The Morgan fingerprint density at radius 1 is 0.973 bits per heavy atom. The van der Waals surface area contributed by atoms with E-state index in [9.17, 15) is 9.59 Å². The second-order valence-electron chi connectivity index (χ2n) is 9.36. The lowest BCUT2D eigenvalue weighted by Crippen LogP contribution is -2.49. The van der Waals surface area contributed by atoms with Crippen molar-refractivity contribution in [3.05, 3.63) is 78.6 Å². The summed E-state index contributed by atoms with van der Waals surface area (Å²) < 4.78 is 12.5. The number of benzene rings is 2. The van der Waals surface area contributed by atoms with Gasteiger partial charge in [-0.1, -0.05) is 35.6 Å². The lowest BCUT2D eigenvalue weighted by Gasteiger charge is -2.26. The van der Waals surface area contributed by atoms with E-state index in [1.807, 2.05) is 48.5 Å². The van der Waals surface area contributed by atoms with Crippen LogP contribution in [-0.2, 0) is 11.3 Å². The van der Waals surface area contributed by atoms with Crippen LogP contribution in [-0.4, -0.2) is 57.4 Å². The number of nitrogens with two attached hydrogens (primary N) is 1. The highest BCUT2D eigenvalue weighted by Crippen LogP contribution is 2.37. The van der Waals surface area contributed by atoms with Crippen molar-refractivity contribution >= 4 is 33.6 Å². The van der Waals surface area contributed by atoms with Gasteiger partial charge in [-0.05, 0) is 47.9 Å². The highest BCUT2D eigenvalue weighted by atomic mass is 32.1. The Bertz CT molecular complexity index is 1390. The van der Waals surface area contributed by atoms with Crippen LogP contribution < -0.4 is 15.2 Å². The Morgan fingerprint density at radius 2 is 1.76 bits per heavy atom. The van der Waals surface area contributed by atoms with Crippen LogP contribution >= 0.6 is 11.3 Å². The van der Waals surface area contributed by atoms with E-state index in [4.69, 9.17) is 15.2 Å². The van der Waals surface area contributed by atoms with Crippen molar-refractivity contribution in [1.82, 2.24) is 19.8 Å². The summed E-state index contributed by atoms with van der Waals surface area (Å²) in [6.07, 6.45) is 2.54. The maximum Gasteiger partial charge on any atom is 0.415 e. The molecule has 9 nitrogen and oxygen atoms in total. The largest absolute Gasteiger partial charge is 0.431 e. The van der Waals surface area contributed by atoms with E-state index in [-0.39, 0.29) is 11.8 Å². The van der Waals surface area contributed by atoms with Crippen LogP contribution in [0.2, 0.25) is 0 Å². The van der Waals surface area contributed by atoms with E-state index in [0.717, 1.165) is 34.6 Å². The van der Waals surface area contributed by atoms with Crippen molar-refractivity contribution in [2.45, 2.75) is 12.6 Å². The third-order valence-corrected chi connectivity index (χ3v) is 7.84. The summed E-state index contributed by atoms with van der Waals surface area (Å²) in [4.78, 5) is 37.4. The number of para-hydroxylation sites is 1. The van der Waals surface area contributed by atoms with Gasteiger partial charge >= 0.3 is 6.09 Å². The quantitative estimate of drug-likeness (QED) is 0.415. The Kier molecular flexibility index (Phi) is 6.19. The second kappa shape index (κ2) is 9.79. The first kappa shape index (κ1) is 23.4. The third kappa shape index (κ3) is 4.85. The molecule has 3 atom stereocenters. The number of rotatable bonds is 6. The van der Waals surface area contributed by atoms with Gasteiger partial charge in [0.15, 0.2) is 0 Å². The van der Waals surface area contributed by atoms with Crippen LogP contribution in [0.3, 0.4) is 0 Å². The van der Waals surface area contributed by atoms with Gasteiger partial charge < -0.3 is 15.2 Å². The molecule has 188 valence electrons. The SMILES string of the molecule is NC(=O)C1C2CN(Cc3ccc(Oc4nc5ccccc5s4)cc3)CC2CN1C(=O)Oc1ccncc1. The number of hydrogen-bond acceptors (Lipinski definition) is 8. The summed E-state index contributed by atoms with van der Waals surface area (Å²) in [6, 6.07) is 18.4. The molecule has 0 saturated carbocycles. The molecule has 0 spiro atoms. The fourth-order valence-electron chi connectivity index (χ4n) is 5.30. The van der Waals surface area contributed by atoms with E-state index in [0.29, 0.717) is 24.0 Å². The van der Waals surface area contributed by atoms with Crippen LogP contribution in [0, 0.1) is 11.8 Å². The van der Waals surface area contributed by atoms with Crippen LogP contribution in [0.5, 0.6) is 16.7 Å². The Labute approximate surface area is 217 Å². The summed E-state index contributed by atoms with van der Waals surface area (Å²) in [7, 11) is 0. The molecular formula is C27H25N5O4S. The predicted octanol–water partition coefficient (Wildman–Crippen LogP) is 3.90. The number of carbonyl (C=O) groups excluding carboxylic acids is 2. The molecule has 2 aromatic heterocycles. The molecule has 10 heteroatoms. The first-order valence-corrected chi connectivity index (χ1v) is 12.9. The van der Waals surface area contributed by atoms with Crippen molar-refractivity contribution in [3.63, 3.8) is 0 Å². The molecule has 0 radical (unpaired) electrons. The molecule has 0 bridgehead atoms. The van der Waals surface area contributed by atoms with Gasteiger partial charge in [-0.15, -0.1) is 0 Å². The lowest BCUT2D eigenvalue weighted by molar-refractivity contribution is -0.122. The number of carbonyl (C=O) groups is 2. The zero-order valence-electron chi connectivity index (χ0n) is 19.9. The first-order chi connectivity index (χ1) is 18.0. The molecule has 2 aliphatic heterocycles. The average molecular weight is 516 g/mol. The van der Waals surface area contributed by atoms with Gasteiger partial charge in [-0.2, -0.15) is 0 Å². The zero-order chi connectivity index (χ0) is 25.4. The number of pyridine rings is 1. The standard InChI is InChI=1S/C27H25N5O4S/c28-25(33)24-21-16-31(14-18(21)15-32(24)27(34)36-20-9-11-29-12-10-20)13-17-5-7-19(8-6-17)35-26-30-22-3-1-2-4-23(22)37-26/h1-12,18,21,24H,13-16H2,(H2,28,33). The molecule has 3 unspecified atom stereocenters. The van der Waals surface area contributed by atoms with Gasteiger partial charge in [0.2, 0.25) is 5.91 Å². The lowest BCUT2D eigenvalue weighted by atomic mass is 9.94. The van der Waals surface area contributed by atoms with Crippen LogP contribution in [0.4, 0.5) is 4.79 Å². The van der Waals surface area contributed by atoms with Crippen molar-refractivity contribution in [2.75, 3.05) is 19.6 Å². The third-order valence-electron chi connectivity index (χ3n) is 6.93. The minimum atomic E-state index is -0.686. The minimum absolute atomic E-state index is 0.0240. The molecule has 2 aliphatic rings. The number of ether oxygens (including phenoxy) is 2. The molecule has 2 amide bonds. The molecule has 2 N–H and O–H groups in total. The van der Waals surface area contributed by atoms with Crippen molar-refractivity contribution in [1.29, 1.82) is 0 Å². The first-order valence-electron chi connectivity index (χ1n) is 12.1. The smallest absolute Gasteiger partial charge is 0.415 e. The summed E-state index contributed by atoms with van der Waals surface area (Å²) in [5.74, 6) is 0.751. The molecule has 4 aromatic rings. The molecule has 2 aromatic carbocycles. The zero-order valence-corrected chi connectivity index (χ0v) is 20.7. The van der Waals surface area contributed by atoms with E-state index in [2.05, 4.69) is 14.9 Å². The van der Waals surface area contributed by atoms with E-state index in [1.165, 1.54) is 16.2 Å². The molecular weight excluding hydrogens is 490 g/mol. The van der Waals surface area contributed by atoms with Gasteiger partial charge in [0.1, 0.15) is 17.5 Å². The maximum atomic E-state index is 12.8. The number of thiazole rings is 1. The number of aromatic nitrogens is 2. The van der Waals surface area contributed by atoms with Crippen LogP contribution in [0.25, 0.3) is 10.2 Å². The molecule has 37 heavy (non-hydrogen) atoms. The van der Waals surface area contributed by atoms with Gasteiger partial charge in [0, 0.05) is 44.5 Å². The fraction of sp³-hybridized carbons (Fsp3) is 0.259. The Balaban J connectivity index is 1.07. The molecule has 2 saturated heterocycles. The van der Waals surface area contributed by atoms with Crippen LogP contribution in [0.1, 0.15) is 5.56 Å². The second-order valence-corrected chi connectivity index (χ2v) is 10.4. The number of amides is 2. The van der Waals surface area contributed by atoms with Gasteiger partial charge in [0.25, 0.3) is 5.19 Å². The highest BCUT2D eigenvalue weighted by Gasteiger charge is 2.51. The summed E-state index contributed by atoms with van der Waals surface area (Å²) in [5, 5.41) is 0.617. The molecule has 6 rings (SSSR count). The minimum Gasteiger partial charge on any atom is -0.431 e. The number of primary amides is 1. The number of fused-ring (bicyclic) bond motifs is 2. The van der Waals surface area contributed by atoms with E-state index in [1.54, 1.807) is 24.5 Å². The van der Waals surface area contributed by atoms with Crippen molar-refractivity contribution in [2.24, 2.45) is 17.6 Å². The molecule has 2 fully saturated rings. The normalized spacial score (nSPS) is 21.2. The topological polar surface area (TPSA) is 111 Å². The Morgan fingerprint density at radius 3 is 2.51 bits per heavy atom. The van der Waals surface area contributed by atoms with Crippen molar-refractivity contribution < 1.29 is 19.1 Å². The maximum absolute atomic E-state index is 12.8. The fourth-order valence-corrected chi connectivity index (χ4v) is 6.14. The van der Waals surface area contributed by atoms with E-state index < -0.39 is 18.0 Å². The monoisotopic (exact) mass is 515 g/mol. The highest BCUT2D eigenvalue weighted by molar-refractivity contribution is 7.20. The summed E-state index contributed by atoms with van der Waals surface area (Å²) in [5.41, 5.74) is 7.81. The van der Waals surface area contributed by atoms with Gasteiger partial charge in [-0.25, -0.2) is 9.78 Å². The van der Waals surface area contributed by atoms with Gasteiger partial charge in [0.05, 0.1) is 10.2 Å².